The highest BCUT2D eigenvalue weighted by molar-refractivity contribution is 7.12. The Morgan fingerprint density at radius 2 is 2.43 bits per heavy atom. The van der Waals surface area contributed by atoms with Crippen LogP contribution in [0.3, 0.4) is 0 Å². The van der Waals surface area contributed by atoms with Gasteiger partial charge in [0, 0.05) is 6.54 Å². The molecule has 1 atom stereocenters. The Kier molecular flexibility index (Phi) is 4.42. The fourth-order valence-electron chi connectivity index (χ4n) is 1.03. The zero-order valence-corrected chi connectivity index (χ0v) is 9.91. The maximum Gasteiger partial charge on any atom is 0.261 e. The van der Waals surface area contributed by atoms with Gasteiger partial charge in [0.05, 0.1) is 10.3 Å². The Morgan fingerprint density at radius 1 is 1.71 bits per heavy atom. The van der Waals surface area contributed by atoms with Crippen LogP contribution in [0.5, 0.6) is 0 Å². The van der Waals surface area contributed by atoms with Gasteiger partial charge in [-0.05, 0) is 30.4 Å². The minimum atomic E-state index is -0.0170. The van der Waals surface area contributed by atoms with Crippen molar-refractivity contribution >= 4 is 28.8 Å². The second-order valence-electron chi connectivity index (χ2n) is 3.15. The third-order valence-electron chi connectivity index (χ3n) is 2.00. The zero-order chi connectivity index (χ0) is 10.6. The summed E-state index contributed by atoms with van der Waals surface area (Å²) in [6.45, 7) is 4.47. The van der Waals surface area contributed by atoms with E-state index in [0.29, 0.717) is 6.54 Å². The molecule has 0 bridgehead atoms. The molecular formula is C10H14ClNOS. The lowest BCUT2D eigenvalue weighted by molar-refractivity contribution is 0.0957. The number of alkyl halides is 1. The van der Waals surface area contributed by atoms with Crippen molar-refractivity contribution in [2.45, 2.75) is 25.6 Å². The van der Waals surface area contributed by atoms with Crippen LogP contribution in [0.4, 0.5) is 0 Å². The van der Waals surface area contributed by atoms with Crippen LogP contribution in [0, 0.1) is 6.92 Å². The third kappa shape index (κ3) is 3.00. The molecule has 0 saturated heterocycles. The maximum atomic E-state index is 11.6. The standard InChI is InChI=1S/C10H14ClNOS/c1-3-8(11)6-12-10(13)9-7(2)4-5-14-9/h4-5,8H,3,6H2,1-2H3,(H,12,13). The topological polar surface area (TPSA) is 29.1 Å². The van der Waals surface area contributed by atoms with Crippen molar-refractivity contribution in [3.63, 3.8) is 0 Å². The predicted molar refractivity (Wildman–Crippen MR) is 61.3 cm³/mol. The molecule has 0 aliphatic heterocycles. The van der Waals surface area contributed by atoms with Gasteiger partial charge in [-0.1, -0.05) is 6.92 Å². The van der Waals surface area contributed by atoms with Crippen molar-refractivity contribution in [1.82, 2.24) is 5.32 Å². The number of hydrogen-bond donors (Lipinski definition) is 1. The summed E-state index contributed by atoms with van der Waals surface area (Å²) in [6, 6.07) is 1.94. The highest BCUT2D eigenvalue weighted by atomic mass is 35.5. The monoisotopic (exact) mass is 231 g/mol. The van der Waals surface area contributed by atoms with E-state index in [1.807, 2.05) is 25.3 Å². The van der Waals surface area contributed by atoms with Crippen LogP contribution in [-0.4, -0.2) is 17.8 Å². The van der Waals surface area contributed by atoms with Gasteiger partial charge in [0.2, 0.25) is 0 Å². The molecule has 2 nitrogen and oxygen atoms in total. The number of hydrogen-bond acceptors (Lipinski definition) is 2. The van der Waals surface area contributed by atoms with Crippen molar-refractivity contribution in [3.05, 3.63) is 21.9 Å². The summed E-state index contributed by atoms with van der Waals surface area (Å²) in [5.41, 5.74) is 1.02. The van der Waals surface area contributed by atoms with Crippen LogP contribution in [0.25, 0.3) is 0 Å². The van der Waals surface area contributed by atoms with Gasteiger partial charge in [0.15, 0.2) is 0 Å². The van der Waals surface area contributed by atoms with E-state index in [1.165, 1.54) is 11.3 Å². The van der Waals surface area contributed by atoms with Crippen molar-refractivity contribution in [3.8, 4) is 0 Å². The number of nitrogens with one attached hydrogen (secondary N) is 1. The molecule has 1 N–H and O–H groups in total. The van der Waals surface area contributed by atoms with Crippen molar-refractivity contribution in [2.75, 3.05) is 6.54 Å². The molecule has 0 aliphatic rings. The molecule has 78 valence electrons. The van der Waals surface area contributed by atoms with E-state index in [0.717, 1.165) is 16.9 Å². The van der Waals surface area contributed by atoms with Crippen molar-refractivity contribution in [2.24, 2.45) is 0 Å². The second kappa shape index (κ2) is 5.37. The van der Waals surface area contributed by atoms with Crippen molar-refractivity contribution < 1.29 is 4.79 Å². The Hall–Kier alpha value is -0.540. The molecule has 1 rings (SSSR count). The minimum absolute atomic E-state index is 0.0170. The summed E-state index contributed by atoms with van der Waals surface area (Å²) < 4.78 is 0. The quantitative estimate of drug-likeness (QED) is 0.794. The zero-order valence-electron chi connectivity index (χ0n) is 8.34. The Balaban J connectivity index is 2.47. The number of amides is 1. The number of thiophene rings is 1. The maximum absolute atomic E-state index is 11.6. The van der Waals surface area contributed by atoms with Gasteiger partial charge in [0.25, 0.3) is 5.91 Å². The Bertz CT molecular complexity index is 311. The summed E-state index contributed by atoms with van der Waals surface area (Å²) >= 11 is 7.36. The molecule has 1 aromatic rings. The number of rotatable bonds is 4. The van der Waals surface area contributed by atoms with Crippen LogP contribution in [0.1, 0.15) is 28.6 Å². The summed E-state index contributed by atoms with van der Waals surface area (Å²) in [5, 5.41) is 4.76. The number of aryl methyl sites for hydroxylation is 1. The molecule has 0 aliphatic carbocycles. The van der Waals surface area contributed by atoms with E-state index in [4.69, 9.17) is 11.6 Å². The van der Waals surface area contributed by atoms with E-state index in [1.54, 1.807) is 0 Å². The van der Waals surface area contributed by atoms with E-state index >= 15 is 0 Å². The number of carbonyl (C=O) groups excluding carboxylic acids is 1. The average Bonchev–Trinajstić information content (AvgIpc) is 2.60. The molecule has 0 radical (unpaired) electrons. The lowest BCUT2D eigenvalue weighted by Gasteiger charge is -2.07. The summed E-state index contributed by atoms with van der Waals surface area (Å²) in [6.07, 6.45) is 0.866. The fourth-order valence-corrected chi connectivity index (χ4v) is 1.95. The lowest BCUT2D eigenvalue weighted by Crippen LogP contribution is -2.29. The average molecular weight is 232 g/mol. The van der Waals surface area contributed by atoms with Crippen molar-refractivity contribution in [1.29, 1.82) is 0 Å². The van der Waals surface area contributed by atoms with E-state index in [9.17, 15) is 4.79 Å². The van der Waals surface area contributed by atoms with E-state index in [2.05, 4.69) is 5.32 Å². The molecule has 1 aromatic heterocycles. The van der Waals surface area contributed by atoms with Gasteiger partial charge in [-0.2, -0.15) is 0 Å². The van der Waals surface area contributed by atoms with Crippen LogP contribution in [0.2, 0.25) is 0 Å². The van der Waals surface area contributed by atoms with E-state index < -0.39 is 0 Å². The molecule has 1 amide bonds. The highest BCUT2D eigenvalue weighted by Crippen LogP contribution is 2.15. The SMILES string of the molecule is CCC(Cl)CNC(=O)c1sccc1C. The molecule has 1 unspecified atom stereocenters. The number of carbonyl (C=O) groups is 1. The normalized spacial score (nSPS) is 12.5. The van der Waals surface area contributed by atoms with E-state index in [-0.39, 0.29) is 11.3 Å². The van der Waals surface area contributed by atoms with Crippen LogP contribution in [-0.2, 0) is 0 Å². The lowest BCUT2D eigenvalue weighted by atomic mass is 10.2. The minimum Gasteiger partial charge on any atom is -0.350 e. The van der Waals surface area contributed by atoms with Gasteiger partial charge in [-0.15, -0.1) is 22.9 Å². The first kappa shape index (κ1) is 11.5. The Morgan fingerprint density at radius 3 is 2.93 bits per heavy atom. The van der Waals surface area contributed by atoms with Crippen LogP contribution < -0.4 is 5.32 Å². The van der Waals surface area contributed by atoms with Gasteiger partial charge < -0.3 is 5.32 Å². The largest absolute Gasteiger partial charge is 0.350 e. The molecular weight excluding hydrogens is 218 g/mol. The first-order valence-corrected chi connectivity index (χ1v) is 5.93. The molecule has 0 saturated carbocycles. The van der Waals surface area contributed by atoms with Crippen LogP contribution in [0.15, 0.2) is 11.4 Å². The molecule has 4 heteroatoms. The van der Waals surface area contributed by atoms with Crippen LogP contribution >= 0.6 is 22.9 Å². The number of halogens is 1. The van der Waals surface area contributed by atoms with Gasteiger partial charge in [-0.25, -0.2) is 0 Å². The smallest absolute Gasteiger partial charge is 0.261 e. The summed E-state index contributed by atoms with van der Waals surface area (Å²) in [7, 11) is 0. The first-order valence-electron chi connectivity index (χ1n) is 4.61. The third-order valence-corrected chi connectivity index (χ3v) is 3.47. The first-order chi connectivity index (χ1) is 6.65. The highest BCUT2D eigenvalue weighted by Gasteiger charge is 2.11. The molecule has 0 spiro atoms. The van der Waals surface area contributed by atoms with Gasteiger partial charge in [0.1, 0.15) is 0 Å². The molecule has 1 heterocycles. The molecule has 14 heavy (non-hydrogen) atoms. The predicted octanol–water partition coefficient (Wildman–Crippen LogP) is 2.80. The van der Waals surface area contributed by atoms with Gasteiger partial charge >= 0.3 is 0 Å². The molecule has 0 fully saturated rings. The Labute approximate surface area is 93.3 Å². The second-order valence-corrected chi connectivity index (χ2v) is 4.68. The molecule has 0 aromatic carbocycles. The fraction of sp³-hybridized carbons (Fsp3) is 0.500. The summed E-state index contributed by atoms with van der Waals surface area (Å²) in [5.74, 6) is -0.0170. The summed E-state index contributed by atoms with van der Waals surface area (Å²) in [4.78, 5) is 12.4. The van der Waals surface area contributed by atoms with Gasteiger partial charge in [-0.3, -0.25) is 4.79 Å².